The maximum absolute atomic E-state index is 12.5. The second-order valence-corrected chi connectivity index (χ2v) is 6.00. The van der Waals surface area contributed by atoms with Gasteiger partial charge in [0.15, 0.2) is 5.69 Å². The number of carbonyl (C=O) groups is 1. The van der Waals surface area contributed by atoms with Crippen molar-refractivity contribution in [3.8, 4) is 0 Å². The average Bonchev–Trinajstić information content (AvgIpc) is 3.02. The van der Waals surface area contributed by atoms with Gasteiger partial charge in [0, 0.05) is 18.1 Å². The lowest BCUT2D eigenvalue weighted by Crippen LogP contribution is -2.40. The number of hydrogen-bond acceptors (Lipinski definition) is 5. The summed E-state index contributed by atoms with van der Waals surface area (Å²) >= 11 is 2.97. The fraction of sp³-hybridized carbons (Fsp3) is 0.308. The van der Waals surface area contributed by atoms with Crippen molar-refractivity contribution in [2.45, 2.75) is 6.04 Å². The molecule has 1 atom stereocenters. The Balaban J connectivity index is 1.87. The Kier molecular flexibility index (Phi) is 3.79. The molecule has 1 unspecified atom stereocenters. The van der Waals surface area contributed by atoms with Crippen LogP contribution in [-0.4, -0.2) is 37.6 Å². The number of carbonyl (C=O) groups excluding carboxylic acids is 1. The minimum absolute atomic E-state index is 0.0112. The molecular formula is C13H13N3OS2. The molecule has 2 aromatic rings. The van der Waals surface area contributed by atoms with E-state index in [4.69, 9.17) is 0 Å². The van der Waals surface area contributed by atoms with Gasteiger partial charge in [-0.3, -0.25) is 4.79 Å². The molecule has 0 N–H and O–H groups in total. The van der Waals surface area contributed by atoms with Crippen LogP contribution in [0.15, 0.2) is 36.5 Å². The molecule has 0 spiro atoms. The van der Waals surface area contributed by atoms with Crippen LogP contribution < -0.4 is 0 Å². The van der Waals surface area contributed by atoms with Gasteiger partial charge < -0.3 is 4.90 Å². The van der Waals surface area contributed by atoms with Gasteiger partial charge in [-0.25, -0.2) is 0 Å². The van der Waals surface area contributed by atoms with Crippen LogP contribution in [0.25, 0.3) is 0 Å². The summed E-state index contributed by atoms with van der Waals surface area (Å²) in [6.07, 6.45) is 1.55. The minimum Gasteiger partial charge on any atom is -0.329 e. The van der Waals surface area contributed by atoms with E-state index in [1.807, 2.05) is 34.9 Å². The van der Waals surface area contributed by atoms with Gasteiger partial charge in [0.05, 0.1) is 24.0 Å². The first-order valence-corrected chi connectivity index (χ1v) is 7.96. The zero-order valence-corrected chi connectivity index (χ0v) is 11.9. The average molecular weight is 291 g/mol. The highest BCUT2D eigenvalue weighted by molar-refractivity contribution is 7.99. The van der Waals surface area contributed by atoms with Crippen molar-refractivity contribution in [1.82, 2.24) is 13.6 Å². The minimum atomic E-state index is -0.0112. The lowest BCUT2D eigenvalue weighted by atomic mass is 10.1. The van der Waals surface area contributed by atoms with Gasteiger partial charge in [0.25, 0.3) is 5.91 Å². The summed E-state index contributed by atoms with van der Waals surface area (Å²) in [5.41, 5.74) is 1.64. The third kappa shape index (κ3) is 2.64. The third-order valence-corrected chi connectivity index (χ3v) is 4.65. The molecule has 1 aliphatic rings. The fourth-order valence-electron chi connectivity index (χ4n) is 2.20. The second kappa shape index (κ2) is 5.71. The quantitative estimate of drug-likeness (QED) is 0.853. The second-order valence-electron chi connectivity index (χ2n) is 4.29. The Labute approximate surface area is 120 Å². The number of hydrogen-bond donors (Lipinski definition) is 0. The summed E-state index contributed by atoms with van der Waals surface area (Å²) in [4.78, 5) is 14.4. The number of benzene rings is 1. The van der Waals surface area contributed by atoms with Crippen LogP contribution in [0.1, 0.15) is 22.1 Å². The smallest absolute Gasteiger partial charge is 0.275 e. The summed E-state index contributed by atoms with van der Waals surface area (Å²) < 4.78 is 7.97. The summed E-state index contributed by atoms with van der Waals surface area (Å²) in [5, 5.41) is 0. The Morgan fingerprint density at radius 2 is 2.16 bits per heavy atom. The van der Waals surface area contributed by atoms with Crippen molar-refractivity contribution >= 4 is 29.4 Å². The third-order valence-electron chi connectivity index (χ3n) is 3.15. The van der Waals surface area contributed by atoms with E-state index in [1.165, 1.54) is 5.56 Å². The zero-order valence-electron chi connectivity index (χ0n) is 10.2. The van der Waals surface area contributed by atoms with Crippen LogP contribution in [0, 0.1) is 0 Å². The molecule has 1 amide bonds. The van der Waals surface area contributed by atoms with Crippen LogP contribution in [0.5, 0.6) is 0 Å². The predicted octanol–water partition coefficient (Wildman–Crippen LogP) is 2.47. The van der Waals surface area contributed by atoms with Crippen LogP contribution in [0.3, 0.4) is 0 Å². The highest BCUT2D eigenvalue weighted by Gasteiger charge is 2.29. The Hall–Kier alpha value is -1.40. The molecule has 6 heteroatoms. The first-order valence-electron chi connectivity index (χ1n) is 6.07. The van der Waals surface area contributed by atoms with E-state index >= 15 is 0 Å². The standard InChI is InChI=1S/C13H13N3OS2/c17-13(11-8-14-19-15-11)16-6-7-18-9-12(16)10-4-2-1-3-5-10/h1-5,8,12H,6-7,9H2. The SMILES string of the molecule is O=C(c1cnsn1)N1CCSCC1c1ccccc1. The van der Waals surface area contributed by atoms with Gasteiger partial charge in [-0.2, -0.15) is 20.5 Å². The highest BCUT2D eigenvalue weighted by Crippen LogP contribution is 2.30. The number of aromatic nitrogens is 2. The molecule has 1 aromatic heterocycles. The Morgan fingerprint density at radius 1 is 1.32 bits per heavy atom. The van der Waals surface area contributed by atoms with E-state index in [-0.39, 0.29) is 11.9 Å². The van der Waals surface area contributed by atoms with Gasteiger partial charge in [0.2, 0.25) is 0 Å². The van der Waals surface area contributed by atoms with Crippen molar-refractivity contribution in [3.05, 3.63) is 47.8 Å². The number of nitrogens with zero attached hydrogens (tertiary/aromatic N) is 3. The normalized spacial score (nSPS) is 19.4. The van der Waals surface area contributed by atoms with Crippen molar-refractivity contribution in [2.24, 2.45) is 0 Å². The molecule has 1 saturated heterocycles. The fourth-order valence-corrected chi connectivity index (χ4v) is 3.70. The predicted molar refractivity (Wildman–Crippen MR) is 77.5 cm³/mol. The van der Waals surface area contributed by atoms with E-state index in [0.29, 0.717) is 5.69 Å². The van der Waals surface area contributed by atoms with Crippen molar-refractivity contribution in [2.75, 3.05) is 18.1 Å². The van der Waals surface area contributed by atoms with E-state index in [0.717, 1.165) is 29.8 Å². The van der Waals surface area contributed by atoms with Crippen molar-refractivity contribution in [1.29, 1.82) is 0 Å². The lowest BCUT2D eigenvalue weighted by molar-refractivity contribution is 0.0696. The molecule has 0 bridgehead atoms. The molecule has 1 fully saturated rings. The molecule has 1 aliphatic heterocycles. The molecule has 3 rings (SSSR count). The molecule has 0 aliphatic carbocycles. The monoisotopic (exact) mass is 291 g/mol. The van der Waals surface area contributed by atoms with E-state index in [1.54, 1.807) is 6.20 Å². The number of thioether (sulfide) groups is 1. The van der Waals surface area contributed by atoms with Gasteiger partial charge in [-0.1, -0.05) is 30.3 Å². The molecule has 1 aromatic carbocycles. The van der Waals surface area contributed by atoms with Crippen LogP contribution in [-0.2, 0) is 0 Å². The number of rotatable bonds is 2. The topological polar surface area (TPSA) is 46.1 Å². The molecule has 19 heavy (non-hydrogen) atoms. The summed E-state index contributed by atoms with van der Waals surface area (Å²) in [6.45, 7) is 0.764. The maximum Gasteiger partial charge on any atom is 0.275 e. The largest absolute Gasteiger partial charge is 0.329 e. The molecular weight excluding hydrogens is 278 g/mol. The molecule has 0 saturated carbocycles. The van der Waals surface area contributed by atoms with Crippen LogP contribution >= 0.6 is 23.5 Å². The van der Waals surface area contributed by atoms with Crippen LogP contribution in [0.4, 0.5) is 0 Å². The first kappa shape index (κ1) is 12.6. The van der Waals surface area contributed by atoms with Gasteiger partial charge in [-0.15, -0.1) is 0 Å². The summed E-state index contributed by atoms with van der Waals surface area (Å²) in [6, 6.07) is 10.3. The highest BCUT2D eigenvalue weighted by atomic mass is 32.2. The summed E-state index contributed by atoms with van der Waals surface area (Å²) in [7, 11) is 0. The first-order chi connectivity index (χ1) is 9.36. The van der Waals surface area contributed by atoms with Gasteiger partial charge in [-0.05, 0) is 5.56 Å². The molecule has 2 heterocycles. The Morgan fingerprint density at radius 3 is 2.89 bits per heavy atom. The molecule has 0 radical (unpaired) electrons. The molecule has 98 valence electrons. The van der Waals surface area contributed by atoms with Crippen LogP contribution in [0.2, 0.25) is 0 Å². The van der Waals surface area contributed by atoms with E-state index < -0.39 is 0 Å². The van der Waals surface area contributed by atoms with Gasteiger partial charge >= 0.3 is 0 Å². The van der Waals surface area contributed by atoms with E-state index in [2.05, 4.69) is 20.9 Å². The van der Waals surface area contributed by atoms with Crippen molar-refractivity contribution in [3.63, 3.8) is 0 Å². The maximum atomic E-state index is 12.5. The number of amides is 1. The summed E-state index contributed by atoms with van der Waals surface area (Å²) in [5.74, 6) is 1.91. The lowest BCUT2D eigenvalue weighted by Gasteiger charge is -2.35. The van der Waals surface area contributed by atoms with Crippen molar-refractivity contribution < 1.29 is 4.79 Å². The van der Waals surface area contributed by atoms with E-state index in [9.17, 15) is 4.79 Å². The zero-order chi connectivity index (χ0) is 13.1. The Bertz CT molecular complexity index is 544. The van der Waals surface area contributed by atoms with Gasteiger partial charge in [0.1, 0.15) is 0 Å². The molecule has 4 nitrogen and oxygen atoms in total.